The molecular formula is C18H20N2O2S. The summed E-state index contributed by atoms with van der Waals surface area (Å²) in [6, 6.07) is 11.6. The second kappa shape index (κ2) is 6.34. The van der Waals surface area contributed by atoms with Gasteiger partial charge in [0, 0.05) is 18.2 Å². The van der Waals surface area contributed by atoms with E-state index in [1.165, 1.54) is 25.9 Å². The third kappa shape index (κ3) is 3.26. The summed E-state index contributed by atoms with van der Waals surface area (Å²) in [4.78, 5) is 14.9. The van der Waals surface area contributed by atoms with Crippen LogP contribution < -0.4 is 10.1 Å². The number of piperidine rings is 3. The van der Waals surface area contributed by atoms with Crippen LogP contribution in [0.15, 0.2) is 41.8 Å². The van der Waals surface area contributed by atoms with Crippen LogP contribution in [0.4, 0.5) is 0 Å². The molecule has 4 nitrogen and oxygen atoms in total. The lowest BCUT2D eigenvalue weighted by atomic mass is 9.84. The number of hydrogen-bond donors (Lipinski definition) is 1. The predicted molar refractivity (Wildman–Crippen MR) is 91.3 cm³/mol. The summed E-state index contributed by atoms with van der Waals surface area (Å²) in [5.41, 5.74) is 0.694. The molecule has 5 rings (SSSR count). The van der Waals surface area contributed by atoms with Crippen molar-refractivity contribution in [2.75, 3.05) is 19.6 Å². The normalized spacial score (nSPS) is 26.0. The van der Waals surface area contributed by atoms with Gasteiger partial charge in [0.05, 0.1) is 0 Å². The fourth-order valence-corrected chi connectivity index (χ4v) is 4.09. The van der Waals surface area contributed by atoms with Crippen LogP contribution in [0, 0.1) is 5.92 Å². The Kier molecular flexibility index (Phi) is 4.06. The summed E-state index contributed by atoms with van der Waals surface area (Å²) in [5, 5.41) is 6.05. The van der Waals surface area contributed by atoms with E-state index >= 15 is 0 Å². The Labute approximate surface area is 140 Å². The van der Waals surface area contributed by atoms with Crippen molar-refractivity contribution in [1.29, 1.82) is 0 Å². The predicted octanol–water partition coefficient (Wildman–Crippen LogP) is 3.36. The number of nitrogens with zero attached hydrogens (tertiary/aromatic N) is 1. The minimum absolute atomic E-state index is 0.0198. The SMILES string of the molecule is O=C(NC1CN2CCC1CC2)c1ccc(Oc2cccs2)cc1. The molecule has 0 aliphatic carbocycles. The minimum atomic E-state index is 0.0198. The van der Waals surface area contributed by atoms with Gasteiger partial charge >= 0.3 is 0 Å². The van der Waals surface area contributed by atoms with E-state index < -0.39 is 0 Å². The monoisotopic (exact) mass is 328 g/mol. The number of carbonyl (C=O) groups is 1. The van der Waals surface area contributed by atoms with Gasteiger partial charge in [-0.25, -0.2) is 0 Å². The summed E-state index contributed by atoms with van der Waals surface area (Å²) in [6.07, 6.45) is 2.41. The largest absolute Gasteiger partial charge is 0.447 e. The highest BCUT2D eigenvalue weighted by Gasteiger charge is 2.34. The second-order valence-corrected chi connectivity index (χ2v) is 7.19. The van der Waals surface area contributed by atoms with Crippen LogP contribution in [-0.2, 0) is 0 Å². The minimum Gasteiger partial charge on any atom is -0.447 e. The smallest absolute Gasteiger partial charge is 0.251 e. The molecule has 0 spiro atoms. The van der Waals surface area contributed by atoms with Gasteiger partial charge in [-0.1, -0.05) is 0 Å². The van der Waals surface area contributed by atoms with Gasteiger partial charge in [-0.15, -0.1) is 11.3 Å². The molecule has 3 aliphatic heterocycles. The first-order valence-electron chi connectivity index (χ1n) is 8.12. The Bertz CT molecular complexity index is 661. The maximum Gasteiger partial charge on any atom is 0.251 e. The number of nitrogens with one attached hydrogen (secondary N) is 1. The van der Waals surface area contributed by atoms with Crippen molar-refractivity contribution >= 4 is 17.2 Å². The van der Waals surface area contributed by atoms with Gasteiger partial charge in [0.15, 0.2) is 5.06 Å². The Morgan fingerprint density at radius 3 is 2.57 bits per heavy atom. The molecule has 1 aromatic carbocycles. The van der Waals surface area contributed by atoms with Gasteiger partial charge in [-0.3, -0.25) is 4.79 Å². The number of carbonyl (C=O) groups excluding carboxylic acids is 1. The molecule has 0 radical (unpaired) electrons. The molecule has 4 heterocycles. The third-order valence-corrected chi connectivity index (χ3v) is 5.55. The molecule has 2 bridgehead atoms. The zero-order valence-corrected chi connectivity index (χ0v) is 13.7. The lowest BCUT2D eigenvalue weighted by molar-refractivity contribution is 0.0620. The van der Waals surface area contributed by atoms with Crippen LogP contribution in [0.2, 0.25) is 0 Å². The van der Waals surface area contributed by atoms with E-state index in [1.54, 1.807) is 11.3 Å². The van der Waals surface area contributed by atoms with Crippen LogP contribution in [0.1, 0.15) is 23.2 Å². The molecule has 3 saturated heterocycles. The van der Waals surface area contributed by atoms with Crippen molar-refractivity contribution in [3.05, 3.63) is 47.3 Å². The van der Waals surface area contributed by atoms with E-state index in [0.29, 0.717) is 17.5 Å². The van der Waals surface area contributed by atoms with Gasteiger partial charge < -0.3 is 15.0 Å². The fraction of sp³-hybridized carbons (Fsp3) is 0.389. The van der Waals surface area contributed by atoms with Crippen molar-refractivity contribution in [3.8, 4) is 10.8 Å². The maximum atomic E-state index is 12.4. The van der Waals surface area contributed by atoms with Crippen molar-refractivity contribution in [2.24, 2.45) is 5.92 Å². The molecule has 2 aromatic rings. The van der Waals surface area contributed by atoms with E-state index in [9.17, 15) is 4.79 Å². The number of ether oxygens (including phenoxy) is 1. The van der Waals surface area contributed by atoms with Crippen LogP contribution >= 0.6 is 11.3 Å². The fourth-order valence-electron chi connectivity index (χ4n) is 3.49. The first-order chi connectivity index (χ1) is 11.3. The molecule has 1 amide bonds. The Balaban J connectivity index is 1.38. The molecule has 3 fully saturated rings. The summed E-state index contributed by atoms with van der Waals surface area (Å²) < 4.78 is 5.72. The lowest BCUT2D eigenvalue weighted by Gasteiger charge is -2.44. The Morgan fingerprint density at radius 1 is 1.17 bits per heavy atom. The van der Waals surface area contributed by atoms with E-state index in [1.807, 2.05) is 41.8 Å². The van der Waals surface area contributed by atoms with Crippen molar-refractivity contribution < 1.29 is 9.53 Å². The lowest BCUT2D eigenvalue weighted by Crippen LogP contribution is -2.57. The Hall–Kier alpha value is -1.85. The van der Waals surface area contributed by atoms with Gasteiger partial charge in [-0.2, -0.15) is 0 Å². The molecule has 120 valence electrons. The first kappa shape index (κ1) is 14.7. The van der Waals surface area contributed by atoms with E-state index in [2.05, 4.69) is 10.2 Å². The van der Waals surface area contributed by atoms with Crippen LogP contribution in [-0.4, -0.2) is 36.5 Å². The molecule has 5 heteroatoms. The molecule has 0 saturated carbocycles. The number of thiophene rings is 1. The number of hydrogen-bond acceptors (Lipinski definition) is 4. The van der Waals surface area contributed by atoms with E-state index in [0.717, 1.165) is 17.4 Å². The van der Waals surface area contributed by atoms with Crippen molar-refractivity contribution in [3.63, 3.8) is 0 Å². The maximum absolute atomic E-state index is 12.4. The quantitative estimate of drug-likeness (QED) is 0.936. The van der Waals surface area contributed by atoms with Gasteiger partial charge in [0.2, 0.25) is 0 Å². The van der Waals surface area contributed by atoms with Gasteiger partial charge in [0.25, 0.3) is 5.91 Å². The second-order valence-electron chi connectivity index (χ2n) is 6.28. The zero-order valence-electron chi connectivity index (χ0n) is 12.9. The van der Waals surface area contributed by atoms with Gasteiger partial charge in [-0.05, 0) is 73.6 Å². The third-order valence-electron chi connectivity index (χ3n) is 4.80. The van der Waals surface area contributed by atoms with Crippen molar-refractivity contribution in [2.45, 2.75) is 18.9 Å². The molecule has 3 aliphatic rings. The number of rotatable bonds is 4. The molecular weight excluding hydrogens is 308 g/mol. The van der Waals surface area contributed by atoms with E-state index in [4.69, 9.17) is 4.74 Å². The number of benzene rings is 1. The van der Waals surface area contributed by atoms with Gasteiger partial charge in [0.1, 0.15) is 5.75 Å². The molecule has 1 unspecified atom stereocenters. The average Bonchev–Trinajstić information content (AvgIpc) is 3.09. The first-order valence-corrected chi connectivity index (χ1v) is 9.00. The highest BCUT2D eigenvalue weighted by molar-refractivity contribution is 7.11. The van der Waals surface area contributed by atoms with Crippen LogP contribution in [0.3, 0.4) is 0 Å². The summed E-state index contributed by atoms with van der Waals surface area (Å²) >= 11 is 1.55. The van der Waals surface area contributed by atoms with E-state index in [-0.39, 0.29) is 5.91 Å². The zero-order chi connectivity index (χ0) is 15.6. The highest BCUT2D eigenvalue weighted by Crippen LogP contribution is 2.28. The summed E-state index contributed by atoms with van der Waals surface area (Å²) in [7, 11) is 0. The summed E-state index contributed by atoms with van der Waals surface area (Å²) in [5.74, 6) is 1.42. The molecule has 1 atom stereocenters. The standard InChI is InChI=1S/C18H20N2O2S/c21-18(19-16-12-20-9-7-13(16)8-10-20)14-3-5-15(6-4-14)22-17-2-1-11-23-17/h1-6,11,13,16H,7-10,12H2,(H,19,21). The number of amides is 1. The van der Waals surface area contributed by atoms with Crippen molar-refractivity contribution in [1.82, 2.24) is 10.2 Å². The Morgan fingerprint density at radius 2 is 1.96 bits per heavy atom. The summed E-state index contributed by atoms with van der Waals surface area (Å²) in [6.45, 7) is 3.37. The topological polar surface area (TPSA) is 41.6 Å². The molecule has 23 heavy (non-hydrogen) atoms. The van der Waals surface area contributed by atoms with Crippen LogP contribution in [0.25, 0.3) is 0 Å². The molecule has 1 N–H and O–H groups in total. The highest BCUT2D eigenvalue weighted by atomic mass is 32.1. The average molecular weight is 328 g/mol. The number of fused-ring (bicyclic) bond motifs is 3. The van der Waals surface area contributed by atoms with Crippen LogP contribution in [0.5, 0.6) is 10.8 Å². The molecule has 1 aromatic heterocycles.